The number of carbonyl (C=O) groups excluding carboxylic acids is 1. The molecule has 1 aromatic carbocycles. The molecule has 0 spiro atoms. The van der Waals surface area contributed by atoms with E-state index in [1.807, 2.05) is 43.5 Å². The molecule has 0 radical (unpaired) electrons. The number of fused-ring (bicyclic) bond motifs is 1. The second-order valence-electron chi connectivity index (χ2n) is 4.73. The monoisotopic (exact) mass is 265 g/mol. The van der Waals surface area contributed by atoms with Crippen LogP contribution in [-0.4, -0.2) is 15.9 Å². The maximum absolute atomic E-state index is 12.3. The van der Waals surface area contributed by atoms with Gasteiger partial charge in [-0.05, 0) is 36.2 Å². The minimum absolute atomic E-state index is 0.0821. The lowest BCUT2D eigenvalue weighted by molar-refractivity contribution is 0.0952. The van der Waals surface area contributed by atoms with E-state index in [0.717, 1.165) is 22.0 Å². The van der Waals surface area contributed by atoms with Crippen molar-refractivity contribution in [2.45, 2.75) is 13.5 Å². The van der Waals surface area contributed by atoms with Gasteiger partial charge in [0.05, 0.1) is 11.1 Å². The topological polar surface area (TPSA) is 57.8 Å². The van der Waals surface area contributed by atoms with Crippen LogP contribution in [0.4, 0.5) is 0 Å². The summed E-state index contributed by atoms with van der Waals surface area (Å²) in [4.78, 5) is 19.5. The number of hydrogen-bond donors (Lipinski definition) is 2. The Labute approximate surface area is 116 Å². The molecule has 0 unspecified atom stereocenters. The highest BCUT2D eigenvalue weighted by atomic mass is 16.1. The number of aryl methyl sites for hydroxylation is 1. The first-order valence-corrected chi connectivity index (χ1v) is 6.49. The summed E-state index contributed by atoms with van der Waals surface area (Å²) < 4.78 is 0. The van der Waals surface area contributed by atoms with Gasteiger partial charge in [-0.3, -0.25) is 9.78 Å². The Bertz CT molecular complexity index is 761. The van der Waals surface area contributed by atoms with E-state index in [2.05, 4.69) is 15.3 Å². The molecule has 0 fully saturated rings. The molecule has 100 valence electrons. The number of H-pyrrole nitrogens is 1. The standard InChI is InChI=1S/C16H15N3O/c1-11-5-7-17-9-13(11)10-19-16(20)14-4-2-3-12-6-8-18-15(12)14/h2-9,18H,10H2,1H3,(H,19,20). The van der Waals surface area contributed by atoms with Crippen LogP contribution in [0.3, 0.4) is 0 Å². The van der Waals surface area contributed by atoms with Crippen molar-refractivity contribution in [2.24, 2.45) is 0 Å². The number of hydrogen-bond acceptors (Lipinski definition) is 2. The number of rotatable bonds is 3. The Balaban J connectivity index is 1.80. The molecule has 2 heterocycles. The number of para-hydroxylation sites is 1. The first kappa shape index (κ1) is 12.4. The van der Waals surface area contributed by atoms with Gasteiger partial charge in [0.25, 0.3) is 5.91 Å². The van der Waals surface area contributed by atoms with Gasteiger partial charge in [-0.25, -0.2) is 0 Å². The highest BCUT2D eigenvalue weighted by molar-refractivity contribution is 6.05. The van der Waals surface area contributed by atoms with Crippen LogP contribution in [0.5, 0.6) is 0 Å². The third-order valence-corrected chi connectivity index (χ3v) is 3.42. The third kappa shape index (κ3) is 2.28. The highest BCUT2D eigenvalue weighted by Gasteiger charge is 2.10. The summed E-state index contributed by atoms with van der Waals surface area (Å²) in [5.41, 5.74) is 3.68. The van der Waals surface area contributed by atoms with Gasteiger partial charge in [-0.15, -0.1) is 0 Å². The van der Waals surface area contributed by atoms with Crippen molar-refractivity contribution in [3.05, 3.63) is 65.6 Å². The van der Waals surface area contributed by atoms with E-state index >= 15 is 0 Å². The fraction of sp³-hybridized carbons (Fsp3) is 0.125. The van der Waals surface area contributed by atoms with E-state index in [1.165, 1.54) is 0 Å². The van der Waals surface area contributed by atoms with Crippen LogP contribution in [0.15, 0.2) is 48.9 Å². The zero-order chi connectivity index (χ0) is 13.9. The SMILES string of the molecule is Cc1ccncc1CNC(=O)c1cccc2cc[nH]c12. The number of aromatic nitrogens is 2. The van der Waals surface area contributed by atoms with Gasteiger partial charge in [0.15, 0.2) is 0 Å². The predicted octanol–water partition coefficient (Wildman–Crippen LogP) is 2.80. The van der Waals surface area contributed by atoms with Crippen LogP contribution in [0.1, 0.15) is 21.5 Å². The van der Waals surface area contributed by atoms with E-state index in [0.29, 0.717) is 12.1 Å². The Morgan fingerprint density at radius 3 is 3.05 bits per heavy atom. The van der Waals surface area contributed by atoms with Crippen molar-refractivity contribution >= 4 is 16.8 Å². The average molecular weight is 265 g/mol. The zero-order valence-electron chi connectivity index (χ0n) is 11.2. The Hall–Kier alpha value is -2.62. The molecule has 0 aliphatic heterocycles. The van der Waals surface area contributed by atoms with E-state index in [1.54, 1.807) is 12.4 Å². The van der Waals surface area contributed by atoms with E-state index in [4.69, 9.17) is 0 Å². The molecule has 0 bridgehead atoms. The summed E-state index contributed by atoms with van der Waals surface area (Å²) in [5.74, 6) is -0.0821. The molecule has 2 aromatic heterocycles. The van der Waals surface area contributed by atoms with Gasteiger partial charge < -0.3 is 10.3 Å². The van der Waals surface area contributed by atoms with Gasteiger partial charge in [0.1, 0.15) is 0 Å². The fourth-order valence-electron chi connectivity index (χ4n) is 2.23. The van der Waals surface area contributed by atoms with Gasteiger partial charge in [-0.2, -0.15) is 0 Å². The summed E-state index contributed by atoms with van der Waals surface area (Å²) in [6.07, 6.45) is 5.37. The molecular formula is C16H15N3O. The molecule has 4 nitrogen and oxygen atoms in total. The molecule has 0 saturated carbocycles. The number of nitrogens with zero attached hydrogens (tertiary/aromatic N) is 1. The van der Waals surface area contributed by atoms with Crippen LogP contribution in [0, 0.1) is 6.92 Å². The largest absolute Gasteiger partial charge is 0.361 e. The Morgan fingerprint density at radius 2 is 2.20 bits per heavy atom. The van der Waals surface area contributed by atoms with Crippen molar-refractivity contribution in [2.75, 3.05) is 0 Å². The predicted molar refractivity (Wildman–Crippen MR) is 78.4 cm³/mol. The van der Waals surface area contributed by atoms with Crippen LogP contribution in [-0.2, 0) is 6.54 Å². The van der Waals surface area contributed by atoms with Crippen LogP contribution < -0.4 is 5.32 Å². The van der Waals surface area contributed by atoms with Crippen molar-refractivity contribution in [3.63, 3.8) is 0 Å². The number of nitrogens with one attached hydrogen (secondary N) is 2. The van der Waals surface area contributed by atoms with Gasteiger partial charge in [-0.1, -0.05) is 12.1 Å². The van der Waals surface area contributed by atoms with Crippen molar-refractivity contribution in [1.29, 1.82) is 0 Å². The van der Waals surface area contributed by atoms with Gasteiger partial charge in [0, 0.05) is 30.5 Å². The maximum Gasteiger partial charge on any atom is 0.253 e. The first-order valence-electron chi connectivity index (χ1n) is 6.49. The van der Waals surface area contributed by atoms with Gasteiger partial charge in [0.2, 0.25) is 0 Å². The molecule has 2 N–H and O–H groups in total. The van der Waals surface area contributed by atoms with Crippen LogP contribution in [0.2, 0.25) is 0 Å². The first-order chi connectivity index (χ1) is 9.75. The third-order valence-electron chi connectivity index (χ3n) is 3.42. The van der Waals surface area contributed by atoms with E-state index in [-0.39, 0.29) is 5.91 Å². The van der Waals surface area contributed by atoms with Crippen LogP contribution >= 0.6 is 0 Å². The van der Waals surface area contributed by atoms with E-state index in [9.17, 15) is 4.79 Å². The molecule has 0 aliphatic carbocycles. The smallest absolute Gasteiger partial charge is 0.253 e. The summed E-state index contributed by atoms with van der Waals surface area (Å²) in [7, 11) is 0. The zero-order valence-corrected chi connectivity index (χ0v) is 11.2. The number of aromatic amines is 1. The van der Waals surface area contributed by atoms with Crippen molar-refractivity contribution in [1.82, 2.24) is 15.3 Å². The molecule has 1 amide bonds. The molecule has 3 aromatic rings. The lowest BCUT2D eigenvalue weighted by atomic mass is 10.1. The second kappa shape index (κ2) is 5.17. The fourth-order valence-corrected chi connectivity index (χ4v) is 2.23. The molecule has 0 atom stereocenters. The summed E-state index contributed by atoms with van der Waals surface area (Å²) in [6, 6.07) is 9.59. The number of benzene rings is 1. The molecule has 0 saturated heterocycles. The molecule has 20 heavy (non-hydrogen) atoms. The highest BCUT2D eigenvalue weighted by Crippen LogP contribution is 2.17. The molecule has 3 rings (SSSR count). The summed E-state index contributed by atoms with van der Waals surface area (Å²) >= 11 is 0. The maximum atomic E-state index is 12.3. The van der Waals surface area contributed by atoms with Crippen LogP contribution in [0.25, 0.3) is 10.9 Å². The Morgan fingerprint density at radius 1 is 1.30 bits per heavy atom. The van der Waals surface area contributed by atoms with E-state index < -0.39 is 0 Å². The minimum atomic E-state index is -0.0821. The summed E-state index contributed by atoms with van der Waals surface area (Å²) in [5, 5.41) is 3.98. The molecule has 4 heteroatoms. The summed E-state index contributed by atoms with van der Waals surface area (Å²) in [6.45, 7) is 2.49. The quantitative estimate of drug-likeness (QED) is 0.765. The number of pyridine rings is 1. The average Bonchev–Trinajstić information content (AvgIpc) is 2.94. The number of carbonyl (C=O) groups is 1. The normalized spacial score (nSPS) is 10.7. The van der Waals surface area contributed by atoms with Crippen molar-refractivity contribution < 1.29 is 4.79 Å². The molecular weight excluding hydrogens is 250 g/mol. The minimum Gasteiger partial charge on any atom is -0.361 e. The lowest BCUT2D eigenvalue weighted by Crippen LogP contribution is -2.23. The molecule has 0 aliphatic rings. The second-order valence-corrected chi connectivity index (χ2v) is 4.73. The lowest BCUT2D eigenvalue weighted by Gasteiger charge is -2.08. The van der Waals surface area contributed by atoms with Crippen molar-refractivity contribution in [3.8, 4) is 0 Å². The van der Waals surface area contributed by atoms with Gasteiger partial charge >= 0.3 is 0 Å². The Kier molecular flexibility index (Phi) is 3.21. The number of amides is 1.